The Hall–Kier alpha value is -0.760. The molecule has 0 unspecified atom stereocenters. The molecule has 0 radical (unpaired) electrons. The van der Waals surface area contributed by atoms with Crippen molar-refractivity contribution in [1.82, 2.24) is 0 Å². The Kier molecular flexibility index (Phi) is 2.12. The van der Waals surface area contributed by atoms with Crippen molar-refractivity contribution in [2.24, 2.45) is 0 Å². The van der Waals surface area contributed by atoms with Gasteiger partial charge in [0.1, 0.15) is 5.82 Å². The van der Waals surface area contributed by atoms with E-state index in [-0.39, 0.29) is 5.82 Å². The van der Waals surface area contributed by atoms with Gasteiger partial charge in [0.05, 0.1) is 0 Å². The summed E-state index contributed by atoms with van der Waals surface area (Å²) < 4.78 is 12.3. The van der Waals surface area contributed by atoms with Crippen molar-refractivity contribution < 1.29 is 4.39 Å². The van der Waals surface area contributed by atoms with Gasteiger partial charge in [0.15, 0.2) is 0 Å². The van der Waals surface area contributed by atoms with E-state index >= 15 is 0 Å². The molecule has 0 fully saturated rings. The standard InChI is InChI=1S/C8H7FS/c1-6(10)7-2-4-8(9)5-3-7/h2-5H,1H3. The van der Waals surface area contributed by atoms with Crippen molar-refractivity contribution in [3.8, 4) is 0 Å². The first-order valence-corrected chi connectivity index (χ1v) is 3.37. The molecule has 0 atom stereocenters. The average Bonchev–Trinajstić information content (AvgIpc) is 1.88. The molecule has 0 N–H and O–H groups in total. The lowest BCUT2D eigenvalue weighted by atomic mass is 10.2. The van der Waals surface area contributed by atoms with Gasteiger partial charge in [-0.3, -0.25) is 0 Å². The molecular formula is C8H7FS. The highest BCUT2D eigenvalue weighted by molar-refractivity contribution is 7.80. The lowest BCUT2D eigenvalue weighted by molar-refractivity contribution is 0.628. The molecule has 0 aliphatic rings. The number of rotatable bonds is 1. The monoisotopic (exact) mass is 154 g/mol. The van der Waals surface area contributed by atoms with Crippen LogP contribution in [-0.4, -0.2) is 4.86 Å². The summed E-state index contributed by atoms with van der Waals surface area (Å²) >= 11 is 4.88. The molecule has 0 saturated carbocycles. The van der Waals surface area contributed by atoms with Gasteiger partial charge in [0, 0.05) is 4.86 Å². The molecule has 0 saturated heterocycles. The third-order valence-corrected chi connectivity index (χ3v) is 1.49. The van der Waals surface area contributed by atoms with Crippen LogP contribution in [0, 0.1) is 5.82 Å². The molecule has 2 heteroatoms. The van der Waals surface area contributed by atoms with Gasteiger partial charge >= 0.3 is 0 Å². The van der Waals surface area contributed by atoms with Crippen molar-refractivity contribution in [3.05, 3.63) is 35.6 Å². The summed E-state index contributed by atoms with van der Waals surface area (Å²) in [6, 6.07) is 6.17. The lowest BCUT2D eigenvalue weighted by Gasteiger charge is -1.94. The maximum Gasteiger partial charge on any atom is 0.123 e. The summed E-state index contributed by atoms with van der Waals surface area (Å²) in [5.74, 6) is -0.222. The number of halogens is 1. The molecular weight excluding hydrogens is 147 g/mol. The Bertz CT molecular complexity index is 238. The quantitative estimate of drug-likeness (QED) is 0.442. The Balaban J connectivity index is 3.00. The second-order valence-electron chi connectivity index (χ2n) is 2.06. The highest BCUT2D eigenvalue weighted by Crippen LogP contribution is 2.03. The second-order valence-corrected chi connectivity index (χ2v) is 2.68. The smallest absolute Gasteiger partial charge is 0.123 e. The van der Waals surface area contributed by atoms with E-state index in [1.165, 1.54) is 12.1 Å². The highest BCUT2D eigenvalue weighted by Gasteiger charge is 1.93. The fourth-order valence-electron chi connectivity index (χ4n) is 0.685. The third kappa shape index (κ3) is 1.61. The molecule has 1 rings (SSSR count). The van der Waals surface area contributed by atoms with E-state index in [2.05, 4.69) is 0 Å². The first kappa shape index (κ1) is 7.35. The van der Waals surface area contributed by atoms with Crippen molar-refractivity contribution >= 4 is 17.1 Å². The van der Waals surface area contributed by atoms with Crippen LogP contribution < -0.4 is 0 Å². The topological polar surface area (TPSA) is 0 Å². The maximum absolute atomic E-state index is 12.3. The summed E-state index contributed by atoms with van der Waals surface area (Å²) in [4.78, 5) is 0.792. The van der Waals surface area contributed by atoms with Gasteiger partial charge in [0.2, 0.25) is 0 Å². The number of hydrogen-bond acceptors (Lipinski definition) is 1. The van der Waals surface area contributed by atoms with Gasteiger partial charge < -0.3 is 0 Å². The van der Waals surface area contributed by atoms with Crippen LogP contribution in [0.25, 0.3) is 0 Å². The Labute approximate surface area is 64.7 Å². The molecule has 0 aliphatic carbocycles. The van der Waals surface area contributed by atoms with Crippen molar-refractivity contribution in [2.45, 2.75) is 6.92 Å². The van der Waals surface area contributed by atoms with Crippen LogP contribution in [0.2, 0.25) is 0 Å². The van der Waals surface area contributed by atoms with Gasteiger partial charge in [-0.15, -0.1) is 0 Å². The van der Waals surface area contributed by atoms with Crippen LogP contribution in [0.4, 0.5) is 4.39 Å². The molecule has 1 aromatic rings. The predicted octanol–water partition coefficient (Wildman–Crippen LogP) is 2.56. The van der Waals surface area contributed by atoms with Gasteiger partial charge in [-0.25, -0.2) is 4.39 Å². The highest BCUT2D eigenvalue weighted by atomic mass is 32.1. The van der Waals surface area contributed by atoms with Crippen LogP contribution in [0.15, 0.2) is 24.3 Å². The largest absolute Gasteiger partial charge is 0.207 e. The molecule has 0 heterocycles. The maximum atomic E-state index is 12.3. The van der Waals surface area contributed by atoms with E-state index in [9.17, 15) is 4.39 Å². The molecule has 0 amide bonds. The molecule has 0 aromatic heterocycles. The molecule has 0 aliphatic heterocycles. The SMILES string of the molecule is CC(=S)c1ccc(F)cc1. The summed E-state index contributed by atoms with van der Waals surface area (Å²) in [7, 11) is 0. The van der Waals surface area contributed by atoms with E-state index in [1.54, 1.807) is 12.1 Å². The fourth-order valence-corrected chi connectivity index (χ4v) is 0.821. The van der Waals surface area contributed by atoms with Gasteiger partial charge in [-0.2, -0.15) is 0 Å². The van der Waals surface area contributed by atoms with E-state index in [1.807, 2.05) is 6.92 Å². The summed E-state index contributed by atoms with van der Waals surface area (Å²) in [6.07, 6.45) is 0. The fraction of sp³-hybridized carbons (Fsp3) is 0.125. The number of thiocarbonyl (C=S) groups is 1. The molecule has 0 nitrogen and oxygen atoms in total. The van der Waals surface area contributed by atoms with Gasteiger partial charge in [-0.05, 0) is 24.6 Å². The minimum atomic E-state index is -0.222. The predicted molar refractivity (Wildman–Crippen MR) is 43.8 cm³/mol. The van der Waals surface area contributed by atoms with Crippen molar-refractivity contribution in [2.75, 3.05) is 0 Å². The molecule has 1 aromatic carbocycles. The Morgan fingerprint density at radius 1 is 1.30 bits per heavy atom. The van der Waals surface area contributed by atoms with Crippen LogP contribution in [-0.2, 0) is 0 Å². The first-order valence-electron chi connectivity index (χ1n) is 2.96. The summed E-state index contributed by atoms with van der Waals surface area (Å²) in [6.45, 7) is 1.82. The molecule has 52 valence electrons. The zero-order valence-electron chi connectivity index (χ0n) is 5.60. The Morgan fingerprint density at radius 2 is 1.80 bits per heavy atom. The number of hydrogen-bond donors (Lipinski definition) is 0. The van der Waals surface area contributed by atoms with Crippen molar-refractivity contribution in [1.29, 1.82) is 0 Å². The lowest BCUT2D eigenvalue weighted by Crippen LogP contribution is -1.88. The number of benzene rings is 1. The third-order valence-electron chi connectivity index (χ3n) is 1.25. The van der Waals surface area contributed by atoms with Crippen LogP contribution in [0.5, 0.6) is 0 Å². The zero-order chi connectivity index (χ0) is 7.56. The zero-order valence-corrected chi connectivity index (χ0v) is 6.41. The minimum absolute atomic E-state index is 0.222. The van der Waals surface area contributed by atoms with Crippen LogP contribution >= 0.6 is 12.2 Å². The molecule has 0 bridgehead atoms. The second kappa shape index (κ2) is 2.88. The summed E-state index contributed by atoms with van der Waals surface area (Å²) in [5.41, 5.74) is 0.913. The van der Waals surface area contributed by atoms with Crippen LogP contribution in [0.1, 0.15) is 12.5 Å². The minimum Gasteiger partial charge on any atom is -0.207 e. The van der Waals surface area contributed by atoms with E-state index in [4.69, 9.17) is 12.2 Å². The van der Waals surface area contributed by atoms with E-state index in [0.29, 0.717) is 0 Å². The van der Waals surface area contributed by atoms with Gasteiger partial charge in [-0.1, -0.05) is 24.4 Å². The van der Waals surface area contributed by atoms with Crippen molar-refractivity contribution in [3.63, 3.8) is 0 Å². The summed E-state index contributed by atoms with van der Waals surface area (Å²) in [5, 5.41) is 0. The normalized spacial score (nSPS) is 9.40. The van der Waals surface area contributed by atoms with Crippen LogP contribution in [0.3, 0.4) is 0 Å². The molecule has 0 spiro atoms. The Morgan fingerprint density at radius 3 is 2.20 bits per heavy atom. The van der Waals surface area contributed by atoms with E-state index in [0.717, 1.165) is 10.4 Å². The average molecular weight is 154 g/mol. The van der Waals surface area contributed by atoms with E-state index < -0.39 is 0 Å². The van der Waals surface area contributed by atoms with Gasteiger partial charge in [0.25, 0.3) is 0 Å². The first-order chi connectivity index (χ1) is 4.70. The molecule has 10 heavy (non-hydrogen) atoms.